The summed E-state index contributed by atoms with van der Waals surface area (Å²) in [4.78, 5) is 11.9. The molecule has 0 saturated carbocycles. The van der Waals surface area contributed by atoms with Crippen molar-refractivity contribution in [1.29, 1.82) is 0 Å². The van der Waals surface area contributed by atoms with E-state index in [1.54, 1.807) is 28.8 Å². The first kappa shape index (κ1) is 14.9. The molecule has 3 rings (SSSR count). The molecule has 2 N–H and O–H groups in total. The largest absolute Gasteiger partial charge is 0.351 e. The second-order valence-corrected chi connectivity index (χ2v) is 7.10. The van der Waals surface area contributed by atoms with Gasteiger partial charge in [-0.15, -0.1) is 0 Å². The molecule has 0 atom stereocenters. The van der Waals surface area contributed by atoms with Crippen molar-refractivity contribution in [1.82, 2.24) is 9.88 Å². The van der Waals surface area contributed by atoms with Crippen molar-refractivity contribution >= 4 is 33.2 Å². The number of benzene rings is 1. The molecule has 0 fully saturated rings. The number of aryl methyl sites for hydroxylation is 1. The minimum Gasteiger partial charge on any atom is -0.351 e. The van der Waals surface area contributed by atoms with Crippen molar-refractivity contribution in [3.8, 4) is 0 Å². The molecular formula is C14H14ClN3O3S. The molecule has 1 amide bonds. The SMILES string of the molecule is O=C1NCCCn2cc(S(=O)(=O)Nc3ccc(Cl)cc3)cc21. The molecule has 0 unspecified atom stereocenters. The average molecular weight is 340 g/mol. The van der Waals surface area contributed by atoms with Crippen LogP contribution in [-0.4, -0.2) is 25.4 Å². The van der Waals surface area contributed by atoms with E-state index in [1.165, 1.54) is 12.3 Å². The van der Waals surface area contributed by atoms with Gasteiger partial charge in [0.25, 0.3) is 15.9 Å². The number of hydrogen-bond donors (Lipinski definition) is 2. The van der Waals surface area contributed by atoms with E-state index in [9.17, 15) is 13.2 Å². The first-order valence-corrected chi connectivity index (χ1v) is 8.58. The molecule has 8 heteroatoms. The van der Waals surface area contributed by atoms with Gasteiger partial charge in [0.1, 0.15) is 10.6 Å². The highest BCUT2D eigenvalue weighted by Gasteiger charge is 2.23. The fourth-order valence-corrected chi connectivity index (χ4v) is 3.50. The van der Waals surface area contributed by atoms with Gasteiger partial charge >= 0.3 is 0 Å². The quantitative estimate of drug-likeness (QED) is 0.898. The molecule has 2 aromatic rings. The van der Waals surface area contributed by atoms with Crippen molar-refractivity contribution in [2.45, 2.75) is 17.9 Å². The van der Waals surface area contributed by atoms with Crippen LogP contribution in [0.3, 0.4) is 0 Å². The minimum absolute atomic E-state index is 0.0644. The van der Waals surface area contributed by atoms with Crippen LogP contribution >= 0.6 is 11.6 Å². The normalized spacial score (nSPS) is 14.9. The zero-order valence-corrected chi connectivity index (χ0v) is 13.1. The number of carbonyl (C=O) groups is 1. The summed E-state index contributed by atoms with van der Waals surface area (Å²) < 4.78 is 29.0. The Kier molecular flexibility index (Phi) is 3.84. The molecule has 0 saturated heterocycles. The summed E-state index contributed by atoms with van der Waals surface area (Å²) in [6.45, 7) is 1.19. The number of nitrogens with one attached hydrogen (secondary N) is 2. The van der Waals surface area contributed by atoms with E-state index < -0.39 is 10.0 Å². The van der Waals surface area contributed by atoms with Crippen LogP contribution < -0.4 is 10.0 Å². The minimum atomic E-state index is -3.75. The van der Waals surface area contributed by atoms with Gasteiger partial charge in [-0.25, -0.2) is 8.42 Å². The van der Waals surface area contributed by atoms with Crippen LogP contribution in [0.1, 0.15) is 16.9 Å². The van der Waals surface area contributed by atoms with Crippen molar-refractivity contribution in [2.24, 2.45) is 0 Å². The summed E-state index contributed by atoms with van der Waals surface area (Å²) in [5, 5.41) is 3.26. The lowest BCUT2D eigenvalue weighted by atomic mass is 10.3. The monoisotopic (exact) mass is 339 g/mol. The Hall–Kier alpha value is -1.99. The number of rotatable bonds is 3. The second kappa shape index (κ2) is 5.66. The number of amides is 1. The zero-order valence-electron chi connectivity index (χ0n) is 11.5. The molecule has 1 aliphatic heterocycles. The number of anilines is 1. The smallest absolute Gasteiger partial charge is 0.267 e. The maximum atomic E-state index is 12.4. The highest BCUT2D eigenvalue weighted by atomic mass is 35.5. The molecule has 0 spiro atoms. The lowest BCUT2D eigenvalue weighted by Gasteiger charge is -2.06. The van der Waals surface area contributed by atoms with Gasteiger partial charge in [0, 0.05) is 30.0 Å². The Morgan fingerprint density at radius 2 is 1.95 bits per heavy atom. The third kappa shape index (κ3) is 2.95. The predicted molar refractivity (Wildman–Crippen MR) is 83.6 cm³/mol. The van der Waals surface area contributed by atoms with Crippen LogP contribution in [0.5, 0.6) is 0 Å². The number of halogens is 1. The summed E-state index contributed by atoms with van der Waals surface area (Å²) >= 11 is 5.78. The molecule has 22 heavy (non-hydrogen) atoms. The van der Waals surface area contributed by atoms with E-state index in [1.807, 2.05) is 0 Å². The lowest BCUT2D eigenvalue weighted by Crippen LogP contribution is -2.22. The highest BCUT2D eigenvalue weighted by Crippen LogP contribution is 2.21. The molecule has 1 aliphatic rings. The van der Waals surface area contributed by atoms with Gasteiger partial charge in [-0.3, -0.25) is 9.52 Å². The Labute approximate surface area is 133 Å². The number of nitrogens with zero attached hydrogens (tertiary/aromatic N) is 1. The van der Waals surface area contributed by atoms with Crippen molar-refractivity contribution in [3.63, 3.8) is 0 Å². The van der Waals surface area contributed by atoms with E-state index in [-0.39, 0.29) is 10.8 Å². The molecule has 1 aromatic heterocycles. The summed E-state index contributed by atoms with van der Waals surface area (Å²) in [5.74, 6) is -0.259. The van der Waals surface area contributed by atoms with Gasteiger partial charge in [0.2, 0.25) is 0 Å². The van der Waals surface area contributed by atoms with Gasteiger partial charge in [0.05, 0.1) is 0 Å². The maximum Gasteiger partial charge on any atom is 0.267 e. The molecular weight excluding hydrogens is 326 g/mol. The molecule has 0 radical (unpaired) electrons. The number of fused-ring (bicyclic) bond motifs is 1. The number of sulfonamides is 1. The van der Waals surface area contributed by atoms with E-state index in [0.29, 0.717) is 29.5 Å². The van der Waals surface area contributed by atoms with Gasteiger partial charge in [0.15, 0.2) is 0 Å². The van der Waals surface area contributed by atoms with Gasteiger partial charge < -0.3 is 9.88 Å². The highest BCUT2D eigenvalue weighted by molar-refractivity contribution is 7.92. The topological polar surface area (TPSA) is 80.2 Å². The summed E-state index contributed by atoms with van der Waals surface area (Å²) in [6.07, 6.45) is 2.25. The van der Waals surface area contributed by atoms with Crippen LogP contribution in [0, 0.1) is 0 Å². The van der Waals surface area contributed by atoms with Crippen LogP contribution in [0.15, 0.2) is 41.4 Å². The summed E-state index contributed by atoms with van der Waals surface area (Å²) in [7, 11) is -3.75. The number of aromatic nitrogens is 1. The van der Waals surface area contributed by atoms with Gasteiger partial charge in [-0.1, -0.05) is 11.6 Å². The second-order valence-electron chi connectivity index (χ2n) is 4.98. The Bertz CT molecular complexity index is 812. The number of carbonyl (C=O) groups excluding carboxylic acids is 1. The Morgan fingerprint density at radius 3 is 2.68 bits per heavy atom. The molecule has 0 aliphatic carbocycles. The van der Waals surface area contributed by atoms with E-state index in [4.69, 9.17) is 11.6 Å². The molecule has 0 bridgehead atoms. The molecule has 1 aromatic carbocycles. The zero-order chi connectivity index (χ0) is 15.7. The summed E-state index contributed by atoms with van der Waals surface area (Å²) in [6, 6.07) is 7.74. The van der Waals surface area contributed by atoms with E-state index in [0.717, 1.165) is 6.42 Å². The lowest BCUT2D eigenvalue weighted by molar-refractivity contribution is 0.0951. The van der Waals surface area contributed by atoms with E-state index >= 15 is 0 Å². The predicted octanol–water partition coefficient (Wildman–Crippen LogP) is 2.08. The van der Waals surface area contributed by atoms with Crippen LogP contribution in [0.2, 0.25) is 5.02 Å². The third-order valence-corrected chi connectivity index (χ3v) is 4.97. The van der Waals surface area contributed by atoms with Gasteiger partial charge in [-0.05, 0) is 36.8 Å². The van der Waals surface area contributed by atoms with Crippen molar-refractivity contribution in [2.75, 3.05) is 11.3 Å². The third-order valence-electron chi connectivity index (χ3n) is 3.37. The molecule has 6 nitrogen and oxygen atoms in total. The maximum absolute atomic E-state index is 12.4. The standard InChI is InChI=1S/C14H14ClN3O3S/c15-10-2-4-11(5-3-10)17-22(20,21)12-8-13-14(19)16-6-1-7-18(13)9-12/h2-5,8-9,17H,1,6-7H2,(H,16,19). The Balaban J connectivity index is 1.91. The van der Waals surface area contributed by atoms with Crippen LogP contribution in [0.4, 0.5) is 5.69 Å². The fourth-order valence-electron chi connectivity index (χ4n) is 2.28. The van der Waals surface area contributed by atoms with Gasteiger partial charge in [-0.2, -0.15) is 0 Å². The number of hydrogen-bond acceptors (Lipinski definition) is 3. The molecule has 2 heterocycles. The van der Waals surface area contributed by atoms with Crippen molar-refractivity contribution < 1.29 is 13.2 Å². The average Bonchev–Trinajstić information content (AvgIpc) is 2.84. The summed E-state index contributed by atoms with van der Waals surface area (Å²) in [5.41, 5.74) is 0.768. The fraction of sp³-hybridized carbons (Fsp3) is 0.214. The van der Waals surface area contributed by atoms with E-state index in [2.05, 4.69) is 10.0 Å². The Morgan fingerprint density at radius 1 is 1.23 bits per heavy atom. The molecule has 116 valence electrons. The van der Waals surface area contributed by atoms with Crippen LogP contribution in [0.25, 0.3) is 0 Å². The first-order chi connectivity index (χ1) is 10.5. The van der Waals surface area contributed by atoms with Crippen molar-refractivity contribution in [3.05, 3.63) is 47.2 Å². The first-order valence-electron chi connectivity index (χ1n) is 6.72. The van der Waals surface area contributed by atoms with Crippen LogP contribution in [-0.2, 0) is 16.6 Å².